The molecule has 0 radical (unpaired) electrons. The van der Waals surface area contributed by atoms with E-state index in [4.69, 9.17) is 5.11 Å². The van der Waals surface area contributed by atoms with E-state index in [1.54, 1.807) is 0 Å². The minimum atomic E-state index is -4.33. The molecule has 0 aliphatic heterocycles. The van der Waals surface area contributed by atoms with Crippen LogP contribution in [0.1, 0.15) is 31.2 Å². The molecule has 2 N–H and O–H groups in total. The van der Waals surface area contributed by atoms with Crippen LogP contribution in [0, 0.1) is 5.92 Å². The molecule has 0 spiro atoms. The molecule has 1 unspecified atom stereocenters. The fraction of sp³-hybridized carbons (Fsp3) is 0.462. The van der Waals surface area contributed by atoms with Crippen molar-refractivity contribution in [1.82, 2.24) is 0 Å². The van der Waals surface area contributed by atoms with Gasteiger partial charge in [0.2, 0.25) is 0 Å². The molecule has 0 aromatic heterocycles. The summed E-state index contributed by atoms with van der Waals surface area (Å²) < 4.78 is 36.8. The summed E-state index contributed by atoms with van der Waals surface area (Å²) in [5.74, 6) is -2.99. The van der Waals surface area contributed by atoms with Crippen molar-refractivity contribution in [2.24, 2.45) is 5.92 Å². The monoisotopic (exact) mass is 276 g/mol. The molecule has 2 atom stereocenters. The molecule has 6 heteroatoms. The average molecular weight is 276 g/mol. The second-order valence-electron chi connectivity index (χ2n) is 4.48. The van der Waals surface area contributed by atoms with Crippen LogP contribution >= 0.6 is 0 Å². The van der Waals surface area contributed by atoms with Crippen LogP contribution in [0.15, 0.2) is 24.3 Å². The number of phenolic OH excluding ortho intramolecular Hbond substituents is 1. The fourth-order valence-corrected chi connectivity index (χ4v) is 1.95. The van der Waals surface area contributed by atoms with Crippen LogP contribution < -0.4 is 0 Å². The standard InChI is InChI=1S/C13H15F3O3/c1-8(12(18)19)11(5-6-13(14,15)16)9-3-2-4-10(17)7-9/h2-4,7-8,11,17H,5-6H2,1H3,(H,18,19)/t8?,11-/m1/s1. The number of carboxylic acid groups (broad SMARTS) is 1. The van der Waals surface area contributed by atoms with Crippen molar-refractivity contribution >= 4 is 5.97 Å². The van der Waals surface area contributed by atoms with E-state index in [-0.39, 0.29) is 12.2 Å². The average Bonchev–Trinajstić information content (AvgIpc) is 2.27. The maximum absolute atomic E-state index is 12.3. The molecule has 0 amide bonds. The van der Waals surface area contributed by atoms with Gasteiger partial charge in [-0.25, -0.2) is 0 Å². The van der Waals surface area contributed by atoms with Crippen LogP contribution in [0.5, 0.6) is 5.75 Å². The Balaban J connectivity index is 2.95. The number of aromatic hydroxyl groups is 1. The van der Waals surface area contributed by atoms with Crippen molar-refractivity contribution in [1.29, 1.82) is 0 Å². The summed E-state index contributed by atoms with van der Waals surface area (Å²) in [5, 5.41) is 18.3. The van der Waals surface area contributed by atoms with E-state index in [0.717, 1.165) is 0 Å². The van der Waals surface area contributed by atoms with Gasteiger partial charge in [-0.1, -0.05) is 19.1 Å². The first-order valence-electron chi connectivity index (χ1n) is 5.79. The normalized spacial score (nSPS) is 14.9. The molecule has 0 saturated carbocycles. The Labute approximate surface area is 108 Å². The number of phenols is 1. The predicted molar refractivity (Wildman–Crippen MR) is 62.9 cm³/mol. The molecular weight excluding hydrogens is 261 g/mol. The number of hydrogen-bond acceptors (Lipinski definition) is 2. The predicted octanol–water partition coefficient (Wildman–Crippen LogP) is 3.54. The Bertz CT molecular complexity index is 443. The van der Waals surface area contributed by atoms with Crippen molar-refractivity contribution in [3.63, 3.8) is 0 Å². The van der Waals surface area contributed by atoms with Crippen LogP contribution in [-0.4, -0.2) is 22.4 Å². The molecule has 0 heterocycles. The summed E-state index contributed by atoms with van der Waals surface area (Å²) in [6.45, 7) is 1.37. The van der Waals surface area contributed by atoms with Gasteiger partial charge < -0.3 is 10.2 Å². The van der Waals surface area contributed by atoms with Crippen LogP contribution in [0.3, 0.4) is 0 Å². The van der Waals surface area contributed by atoms with Crippen molar-refractivity contribution < 1.29 is 28.2 Å². The third kappa shape index (κ3) is 4.81. The minimum Gasteiger partial charge on any atom is -0.508 e. The Hall–Kier alpha value is -1.72. The molecule has 0 fully saturated rings. The second kappa shape index (κ2) is 5.95. The Morgan fingerprint density at radius 2 is 2.00 bits per heavy atom. The lowest BCUT2D eigenvalue weighted by atomic mass is 9.83. The molecule has 106 valence electrons. The second-order valence-corrected chi connectivity index (χ2v) is 4.48. The summed E-state index contributed by atoms with van der Waals surface area (Å²) in [4.78, 5) is 11.0. The zero-order valence-corrected chi connectivity index (χ0v) is 10.3. The maximum Gasteiger partial charge on any atom is 0.389 e. The van der Waals surface area contributed by atoms with Crippen molar-refractivity contribution in [2.75, 3.05) is 0 Å². The molecular formula is C13H15F3O3. The van der Waals surface area contributed by atoms with Crippen LogP contribution in [0.4, 0.5) is 13.2 Å². The SMILES string of the molecule is CC(C(=O)O)[C@@H](CCC(F)(F)F)c1cccc(O)c1. The first-order chi connectivity index (χ1) is 8.70. The highest BCUT2D eigenvalue weighted by atomic mass is 19.4. The van der Waals surface area contributed by atoms with E-state index >= 15 is 0 Å². The van der Waals surface area contributed by atoms with Crippen LogP contribution in [-0.2, 0) is 4.79 Å². The van der Waals surface area contributed by atoms with E-state index < -0.39 is 30.4 Å². The zero-order chi connectivity index (χ0) is 14.6. The number of benzene rings is 1. The third-order valence-corrected chi connectivity index (χ3v) is 3.03. The molecule has 1 aromatic carbocycles. The van der Waals surface area contributed by atoms with Gasteiger partial charge in [0.1, 0.15) is 5.75 Å². The summed E-state index contributed by atoms with van der Waals surface area (Å²) in [6, 6.07) is 5.70. The number of halogens is 3. The highest BCUT2D eigenvalue weighted by Crippen LogP contribution is 2.35. The Morgan fingerprint density at radius 1 is 1.37 bits per heavy atom. The first kappa shape index (κ1) is 15.3. The third-order valence-electron chi connectivity index (χ3n) is 3.03. The smallest absolute Gasteiger partial charge is 0.389 e. The number of carbonyl (C=O) groups is 1. The Kier molecular flexibility index (Phi) is 4.80. The maximum atomic E-state index is 12.3. The van der Waals surface area contributed by atoms with E-state index in [2.05, 4.69) is 0 Å². The molecule has 3 nitrogen and oxygen atoms in total. The van der Waals surface area contributed by atoms with Gasteiger partial charge in [0.15, 0.2) is 0 Å². The molecule has 0 aliphatic rings. The van der Waals surface area contributed by atoms with Crippen molar-refractivity contribution in [3.8, 4) is 5.75 Å². The number of aliphatic carboxylic acids is 1. The van der Waals surface area contributed by atoms with Gasteiger partial charge in [-0.2, -0.15) is 13.2 Å². The van der Waals surface area contributed by atoms with Crippen molar-refractivity contribution in [3.05, 3.63) is 29.8 Å². The summed E-state index contributed by atoms with van der Waals surface area (Å²) >= 11 is 0. The molecule has 0 aliphatic carbocycles. The largest absolute Gasteiger partial charge is 0.508 e. The lowest BCUT2D eigenvalue weighted by Gasteiger charge is -2.22. The molecule has 0 saturated heterocycles. The molecule has 0 bridgehead atoms. The summed E-state index contributed by atoms with van der Waals surface area (Å²) in [5.41, 5.74) is 0.402. The van der Waals surface area contributed by atoms with E-state index in [9.17, 15) is 23.1 Å². The minimum absolute atomic E-state index is 0.0907. The van der Waals surface area contributed by atoms with E-state index in [0.29, 0.717) is 5.56 Å². The van der Waals surface area contributed by atoms with E-state index in [1.165, 1.54) is 31.2 Å². The number of rotatable bonds is 5. The number of carboxylic acids is 1. The number of hydrogen-bond donors (Lipinski definition) is 2. The van der Waals surface area contributed by atoms with Gasteiger partial charge in [0, 0.05) is 6.42 Å². The van der Waals surface area contributed by atoms with Crippen molar-refractivity contribution in [2.45, 2.75) is 31.9 Å². The van der Waals surface area contributed by atoms with Gasteiger partial charge >= 0.3 is 12.1 Å². The lowest BCUT2D eigenvalue weighted by Crippen LogP contribution is -2.21. The van der Waals surface area contributed by atoms with Gasteiger partial charge in [0.05, 0.1) is 5.92 Å². The van der Waals surface area contributed by atoms with Gasteiger partial charge in [-0.05, 0) is 30.0 Å². The van der Waals surface area contributed by atoms with E-state index in [1.807, 2.05) is 0 Å². The zero-order valence-electron chi connectivity index (χ0n) is 10.3. The summed E-state index contributed by atoms with van der Waals surface area (Å²) in [7, 11) is 0. The van der Waals surface area contributed by atoms with Gasteiger partial charge in [-0.3, -0.25) is 4.79 Å². The first-order valence-corrected chi connectivity index (χ1v) is 5.79. The fourth-order valence-electron chi connectivity index (χ4n) is 1.95. The van der Waals surface area contributed by atoms with Gasteiger partial charge in [-0.15, -0.1) is 0 Å². The highest BCUT2D eigenvalue weighted by molar-refractivity contribution is 5.71. The molecule has 1 aromatic rings. The quantitative estimate of drug-likeness (QED) is 0.864. The summed E-state index contributed by atoms with van der Waals surface area (Å²) in [6.07, 6.45) is -5.70. The molecule has 19 heavy (non-hydrogen) atoms. The molecule has 1 rings (SSSR count). The highest BCUT2D eigenvalue weighted by Gasteiger charge is 2.32. The van der Waals surface area contributed by atoms with Crippen LogP contribution in [0.25, 0.3) is 0 Å². The Morgan fingerprint density at radius 3 is 2.47 bits per heavy atom. The van der Waals surface area contributed by atoms with Crippen LogP contribution in [0.2, 0.25) is 0 Å². The van der Waals surface area contributed by atoms with Gasteiger partial charge in [0.25, 0.3) is 0 Å². The number of alkyl halides is 3. The lowest BCUT2D eigenvalue weighted by molar-refractivity contribution is -0.146. The topological polar surface area (TPSA) is 57.5 Å².